The predicted octanol–water partition coefficient (Wildman–Crippen LogP) is 4.49. The molecule has 1 aliphatic rings. The second-order valence-corrected chi connectivity index (χ2v) is 5.42. The Hall–Kier alpha value is -0.230. The maximum absolute atomic E-state index is 6.13. The zero-order valence-electron chi connectivity index (χ0n) is 8.46. The Morgan fingerprint density at radius 2 is 2.06 bits per heavy atom. The Morgan fingerprint density at radius 3 is 2.81 bits per heavy atom. The lowest BCUT2D eigenvalue weighted by molar-refractivity contribution is 1.23. The van der Waals surface area contributed by atoms with Gasteiger partial charge in [0, 0.05) is 12.3 Å². The molecule has 0 amide bonds. The summed E-state index contributed by atoms with van der Waals surface area (Å²) in [7, 11) is 0. The lowest BCUT2D eigenvalue weighted by Gasteiger charge is -2.11. The SMILES string of the molecule is CSCCNc1c(Cl)cc(Cl)c2c1N=S=N2. The minimum atomic E-state index is 0.546. The van der Waals surface area contributed by atoms with Gasteiger partial charge >= 0.3 is 0 Å². The predicted molar refractivity (Wildman–Crippen MR) is 74.9 cm³/mol. The van der Waals surface area contributed by atoms with E-state index >= 15 is 0 Å². The van der Waals surface area contributed by atoms with Crippen molar-refractivity contribution in [3.63, 3.8) is 0 Å². The van der Waals surface area contributed by atoms with Crippen molar-refractivity contribution in [1.29, 1.82) is 0 Å². The van der Waals surface area contributed by atoms with Crippen LogP contribution in [0.15, 0.2) is 14.8 Å². The summed E-state index contributed by atoms with van der Waals surface area (Å²) in [6.07, 6.45) is 2.06. The van der Waals surface area contributed by atoms with E-state index < -0.39 is 0 Å². The highest BCUT2D eigenvalue weighted by Crippen LogP contribution is 2.47. The molecule has 0 saturated heterocycles. The number of anilines is 1. The molecule has 86 valence electrons. The first-order valence-corrected chi connectivity index (χ1v) is 7.45. The number of benzene rings is 1. The minimum absolute atomic E-state index is 0.546. The fourth-order valence-corrected chi connectivity index (χ4v) is 2.81. The van der Waals surface area contributed by atoms with Crippen molar-refractivity contribution in [3.05, 3.63) is 16.1 Å². The van der Waals surface area contributed by atoms with Crippen molar-refractivity contribution >= 4 is 63.4 Å². The molecule has 1 heterocycles. The van der Waals surface area contributed by atoms with E-state index in [0.717, 1.165) is 35.0 Å². The van der Waals surface area contributed by atoms with Crippen LogP contribution in [0.5, 0.6) is 0 Å². The molecule has 1 N–H and O–H groups in total. The summed E-state index contributed by atoms with van der Waals surface area (Å²) in [4.78, 5) is 0. The van der Waals surface area contributed by atoms with Crippen LogP contribution in [0.4, 0.5) is 17.1 Å². The molecule has 0 fully saturated rings. The molecule has 3 nitrogen and oxygen atoms in total. The van der Waals surface area contributed by atoms with E-state index in [9.17, 15) is 0 Å². The van der Waals surface area contributed by atoms with Gasteiger partial charge in [0.25, 0.3) is 0 Å². The molecule has 7 heteroatoms. The van der Waals surface area contributed by atoms with Gasteiger partial charge in [-0.05, 0) is 12.3 Å². The zero-order valence-corrected chi connectivity index (χ0v) is 11.6. The molecule has 2 rings (SSSR count). The van der Waals surface area contributed by atoms with Gasteiger partial charge in [-0.1, -0.05) is 23.2 Å². The molecule has 0 bridgehead atoms. The second kappa shape index (κ2) is 5.40. The average molecular weight is 294 g/mol. The van der Waals surface area contributed by atoms with E-state index in [2.05, 4.69) is 20.3 Å². The quantitative estimate of drug-likeness (QED) is 0.843. The Kier molecular flexibility index (Phi) is 4.13. The van der Waals surface area contributed by atoms with Crippen molar-refractivity contribution in [2.24, 2.45) is 8.73 Å². The van der Waals surface area contributed by atoms with E-state index in [-0.39, 0.29) is 0 Å². The smallest absolute Gasteiger partial charge is 0.130 e. The van der Waals surface area contributed by atoms with Crippen LogP contribution in [-0.4, -0.2) is 18.6 Å². The lowest BCUT2D eigenvalue weighted by atomic mass is 10.2. The Bertz CT molecular complexity index is 484. The van der Waals surface area contributed by atoms with E-state index in [4.69, 9.17) is 23.2 Å². The van der Waals surface area contributed by atoms with E-state index in [1.165, 1.54) is 0 Å². The van der Waals surface area contributed by atoms with E-state index in [1.54, 1.807) is 17.8 Å². The van der Waals surface area contributed by atoms with Gasteiger partial charge in [-0.25, -0.2) is 0 Å². The number of fused-ring (bicyclic) bond motifs is 1. The molecular formula is C9H9Cl2N3S2. The molecular weight excluding hydrogens is 285 g/mol. The van der Waals surface area contributed by atoms with Crippen LogP contribution in [0.1, 0.15) is 0 Å². The Morgan fingerprint density at radius 1 is 1.31 bits per heavy atom. The van der Waals surface area contributed by atoms with Crippen molar-refractivity contribution in [2.45, 2.75) is 0 Å². The molecule has 0 unspecified atom stereocenters. The van der Waals surface area contributed by atoms with E-state index in [1.807, 2.05) is 0 Å². The molecule has 1 aromatic carbocycles. The minimum Gasteiger partial charge on any atom is -0.381 e. The second-order valence-electron chi connectivity index (χ2n) is 3.10. The molecule has 0 aliphatic carbocycles. The maximum Gasteiger partial charge on any atom is 0.130 e. The summed E-state index contributed by atoms with van der Waals surface area (Å²) in [5.41, 5.74) is 2.29. The number of halogens is 2. The Labute approximate surface area is 112 Å². The molecule has 0 spiro atoms. The van der Waals surface area contributed by atoms with Crippen molar-refractivity contribution in [3.8, 4) is 0 Å². The van der Waals surface area contributed by atoms with Crippen molar-refractivity contribution in [1.82, 2.24) is 0 Å². The van der Waals surface area contributed by atoms with Crippen LogP contribution in [0, 0.1) is 0 Å². The number of nitrogens with one attached hydrogen (secondary N) is 1. The van der Waals surface area contributed by atoms with Crippen LogP contribution in [0.2, 0.25) is 10.0 Å². The third-order valence-corrected chi connectivity index (χ3v) is 3.78. The summed E-state index contributed by atoms with van der Waals surface area (Å²) in [5, 5.41) is 4.40. The molecule has 16 heavy (non-hydrogen) atoms. The monoisotopic (exact) mass is 293 g/mol. The van der Waals surface area contributed by atoms with Crippen molar-refractivity contribution < 1.29 is 0 Å². The molecule has 0 aromatic heterocycles. The van der Waals surface area contributed by atoms with Gasteiger partial charge in [0.05, 0.1) is 27.1 Å². The van der Waals surface area contributed by atoms with Gasteiger partial charge in [0.2, 0.25) is 0 Å². The van der Waals surface area contributed by atoms with Gasteiger partial charge in [0.15, 0.2) is 0 Å². The van der Waals surface area contributed by atoms with Gasteiger partial charge in [-0.3, -0.25) is 0 Å². The first-order valence-electron chi connectivity index (χ1n) is 4.57. The molecule has 0 atom stereocenters. The number of thioether (sulfide) groups is 1. The lowest BCUT2D eigenvalue weighted by Crippen LogP contribution is -2.04. The third-order valence-electron chi connectivity index (χ3n) is 2.05. The highest BCUT2D eigenvalue weighted by Gasteiger charge is 2.18. The average Bonchev–Trinajstić information content (AvgIpc) is 2.72. The molecule has 1 aliphatic heterocycles. The van der Waals surface area contributed by atoms with Crippen LogP contribution >= 0.6 is 35.0 Å². The first kappa shape index (κ1) is 12.2. The summed E-state index contributed by atoms with van der Waals surface area (Å²) >= 11 is 15.1. The highest BCUT2D eigenvalue weighted by molar-refractivity contribution is 7.98. The largest absolute Gasteiger partial charge is 0.381 e. The number of nitrogens with zero attached hydrogens (tertiary/aromatic N) is 2. The van der Waals surface area contributed by atoms with Crippen LogP contribution in [-0.2, 0) is 11.4 Å². The van der Waals surface area contributed by atoms with Crippen LogP contribution < -0.4 is 5.32 Å². The van der Waals surface area contributed by atoms with Gasteiger partial charge in [-0.2, -0.15) is 20.5 Å². The number of rotatable bonds is 4. The third kappa shape index (κ3) is 2.37. The van der Waals surface area contributed by atoms with Gasteiger partial charge in [-0.15, -0.1) is 0 Å². The summed E-state index contributed by atoms with van der Waals surface area (Å²) < 4.78 is 8.35. The normalized spacial score (nSPS) is 12.4. The van der Waals surface area contributed by atoms with Crippen LogP contribution in [0.25, 0.3) is 0 Å². The summed E-state index contributed by atoms with van der Waals surface area (Å²) in [6.45, 7) is 0.842. The van der Waals surface area contributed by atoms with Crippen LogP contribution in [0.3, 0.4) is 0 Å². The molecule has 0 saturated carbocycles. The summed E-state index contributed by atoms with van der Waals surface area (Å²) in [6, 6.07) is 1.70. The topological polar surface area (TPSA) is 36.8 Å². The Balaban J connectivity index is 2.31. The fourth-order valence-electron chi connectivity index (χ4n) is 1.32. The zero-order chi connectivity index (χ0) is 11.5. The number of hydrogen-bond donors (Lipinski definition) is 1. The molecule has 0 radical (unpaired) electrons. The highest BCUT2D eigenvalue weighted by atomic mass is 35.5. The first-order chi connectivity index (χ1) is 7.74. The fraction of sp³-hybridized carbons (Fsp3) is 0.333. The molecule has 1 aromatic rings. The number of hydrogen-bond acceptors (Lipinski definition) is 4. The standard InChI is InChI=1S/C9H9Cl2N3S2/c1-15-3-2-12-7-5(10)4-6(11)8-9(7)14-16-13-8/h4,12H,2-3H2,1H3. The maximum atomic E-state index is 6.13. The summed E-state index contributed by atoms with van der Waals surface area (Å²) in [5.74, 6) is 1.01. The van der Waals surface area contributed by atoms with E-state index in [0.29, 0.717) is 15.7 Å². The van der Waals surface area contributed by atoms with Gasteiger partial charge in [0.1, 0.15) is 11.4 Å². The van der Waals surface area contributed by atoms with Gasteiger partial charge < -0.3 is 5.32 Å². The van der Waals surface area contributed by atoms with Crippen molar-refractivity contribution in [2.75, 3.05) is 23.9 Å².